The molecular weight excluding hydrogens is 309 g/mol. The molecule has 5 heteroatoms. The zero-order chi connectivity index (χ0) is 15.5. The van der Waals surface area contributed by atoms with Gasteiger partial charge in [-0.3, -0.25) is 4.90 Å². The van der Waals surface area contributed by atoms with Gasteiger partial charge in [0.1, 0.15) is 0 Å². The number of benzene rings is 1. The minimum absolute atomic E-state index is 0.00869. The lowest BCUT2D eigenvalue weighted by molar-refractivity contribution is -0.0819. The molecule has 0 bridgehead atoms. The molecule has 1 aromatic carbocycles. The lowest BCUT2D eigenvalue weighted by Crippen LogP contribution is -2.53. The van der Waals surface area contributed by atoms with E-state index in [1.807, 2.05) is 18.2 Å². The molecule has 2 N–H and O–H groups in total. The molecule has 0 aromatic heterocycles. The average molecular weight is 332 g/mol. The van der Waals surface area contributed by atoms with Crippen molar-refractivity contribution in [1.29, 1.82) is 0 Å². The minimum atomic E-state index is -0.444. The summed E-state index contributed by atoms with van der Waals surface area (Å²) in [6, 6.07) is 5.52. The number of nitrogens with zero attached hydrogens (tertiary/aromatic N) is 1. The molecule has 1 aliphatic rings. The largest absolute Gasteiger partial charge is 0.396 e. The first-order valence-electron chi connectivity index (χ1n) is 7.46. The minimum Gasteiger partial charge on any atom is -0.396 e. The van der Waals surface area contributed by atoms with Gasteiger partial charge < -0.3 is 10.2 Å². The van der Waals surface area contributed by atoms with Crippen LogP contribution >= 0.6 is 23.2 Å². The van der Waals surface area contributed by atoms with Gasteiger partial charge in [-0.2, -0.15) is 0 Å². The van der Waals surface area contributed by atoms with Crippen molar-refractivity contribution >= 4 is 23.2 Å². The van der Waals surface area contributed by atoms with Crippen molar-refractivity contribution in [3.05, 3.63) is 33.8 Å². The number of rotatable bonds is 5. The molecular formula is C16H23Cl2NO2. The quantitative estimate of drug-likeness (QED) is 0.869. The van der Waals surface area contributed by atoms with Crippen molar-refractivity contribution < 1.29 is 10.2 Å². The zero-order valence-corrected chi connectivity index (χ0v) is 13.9. The van der Waals surface area contributed by atoms with Gasteiger partial charge in [0.05, 0.1) is 12.7 Å². The maximum atomic E-state index is 10.3. The Bertz CT molecular complexity index is 463. The van der Waals surface area contributed by atoms with Crippen LogP contribution in [0, 0.1) is 5.41 Å². The first kappa shape index (κ1) is 17.0. The summed E-state index contributed by atoms with van der Waals surface area (Å²) < 4.78 is 0. The lowest BCUT2D eigenvalue weighted by atomic mass is 9.74. The summed E-state index contributed by atoms with van der Waals surface area (Å²) >= 11 is 12.5. The number of hydrogen-bond acceptors (Lipinski definition) is 3. The Morgan fingerprint density at radius 1 is 1.33 bits per heavy atom. The molecule has 118 valence electrons. The van der Waals surface area contributed by atoms with Gasteiger partial charge in [-0.1, -0.05) is 42.6 Å². The summed E-state index contributed by atoms with van der Waals surface area (Å²) in [7, 11) is 0. The highest BCUT2D eigenvalue weighted by molar-refractivity contribution is 6.35. The fourth-order valence-corrected chi connectivity index (χ4v) is 3.78. The molecule has 2 atom stereocenters. The highest BCUT2D eigenvalue weighted by Gasteiger charge is 2.41. The molecule has 1 aliphatic heterocycles. The molecule has 0 unspecified atom stereocenters. The molecule has 0 aliphatic carbocycles. The van der Waals surface area contributed by atoms with Gasteiger partial charge in [0, 0.05) is 40.7 Å². The first-order valence-corrected chi connectivity index (χ1v) is 8.22. The van der Waals surface area contributed by atoms with Crippen molar-refractivity contribution in [3.8, 4) is 0 Å². The molecule has 2 rings (SSSR count). The van der Waals surface area contributed by atoms with Crippen molar-refractivity contribution in [2.75, 3.05) is 19.7 Å². The van der Waals surface area contributed by atoms with Crippen LogP contribution < -0.4 is 0 Å². The molecule has 0 radical (unpaired) electrons. The van der Waals surface area contributed by atoms with Crippen LogP contribution in [0.5, 0.6) is 0 Å². The normalized spacial score (nSPS) is 27.0. The second kappa shape index (κ2) is 7.30. The second-order valence-corrected chi connectivity index (χ2v) is 6.80. The molecule has 3 nitrogen and oxygen atoms in total. The highest BCUT2D eigenvalue weighted by atomic mass is 35.5. The monoisotopic (exact) mass is 331 g/mol. The Morgan fingerprint density at radius 2 is 2.00 bits per heavy atom. The third-order valence-corrected chi connectivity index (χ3v) is 5.18. The number of hydrogen-bond donors (Lipinski definition) is 2. The number of halogens is 2. The van der Waals surface area contributed by atoms with Gasteiger partial charge in [0.2, 0.25) is 0 Å². The van der Waals surface area contributed by atoms with Gasteiger partial charge in [-0.05, 0) is 25.0 Å². The molecule has 1 fully saturated rings. The van der Waals surface area contributed by atoms with Crippen molar-refractivity contribution in [2.24, 2.45) is 5.41 Å². The second-order valence-electron chi connectivity index (χ2n) is 5.99. The number of likely N-dealkylation sites (tertiary alicyclic amines) is 1. The van der Waals surface area contributed by atoms with Gasteiger partial charge in [0.25, 0.3) is 0 Å². The van der Waals surface area contributed by atoms with Crippen molar-refractivity contribution in [1.82, 2.24) is 4.90 Å². The van der Waals surface area contributed by atoms with Gasteiger partial charge in [-0.15, -0.1) is 0 Å². The SMILES string of the molecule is CCC[C@@]1(CO)CN(Cc2c(Cl)cccc2Cl)CC[C@@H]1O. The molecule has 1 saturated heterocycles. The molecule has 1 heterocycles. The van der Waals surface area contributed by atoms with Gasteiger partial charge >= 0.3 is 0 Å². The van der Waals surface area contributed by atoms with Crippen LogP contribution in [0.25, 0.3) is 0 Å². The maximum absolute atomic E-state index is 10.3. The fourth-order valence-electron chi connectivity index (χ4n) is 3.26. The van der Waals surface area contributed by atoms with Crippen LogP contribution in [-0.4, -0.2) is 40.9 Å². The Balaban J connectivity index is 2.15. The molecule has 1 aromatic rings. The van der Waals surface area contributed by atoms with Gasteiger partial charge in [0.15, 0.2) is 0 Å². The predicted molar refractivity (Wildman–Crippen MR) is 86.8 cm³/mol. The summed E-state index contributed by atoms with van der Waals surface area (Å²) in [4.78, 5) is 2.23. The Morgan fingerprint density at radius 3 is 2.57 bits per heavy atom. The van der Waals surface area contributed by atoms with Crippen LogP contribution in [0.1, 0.15) is 31.7 Å². The summed E-state index contributed by atoms with van der Waals surface area (Å²) in [5.41, 5.74) is 0.487. The van der Waals surface area contributed by atoms with E-state index < -0.39 is 11.5 Å². The predicted octanol–water partition coefficient (Wildman–Crippen LogP) is 3.34. The van der Waals surface area contributed by atoms with E-state index in [1.54, 1.807) is 0 Å². The van der Waals surface area contributed by atoms with Crippen molar-refractivity contribution in [3.63, 3.8) is 0 Å². The smallest absolute Gasteiger partial charge is 0.0642 e. The first-order chi connectivity index (χ1) is 10.0. The molecule has 0 saturated carbocycles. The van der Waals surface area contributed by atoms with E-state index >= 15 is 0 Å². The van der Waals surface area contributed by atoms with E-state index in [1.165, 1.54) is 0 Å². The van der Waals surface area contributed by atoms with E-state index in [0.717, 1.165) is 24.9 Å². The van der Waals surface area contributed by atoms with E-state index in [-0.39, 0.29) is 6.61 Å². The summed E-state index contributed by atoms with van der Waals surface area (Å²) in [6.07, 6.45) is 1.98. The topological polar surface area (TPSA) is 43.7 Å². The van der Waals surface area contributed by atoms with E-state index in [2.05, 4.69) is 11.8 Å². The lowest BCUT2D eigenvalue weighted by Gasteiger charge is -2.45. The third-order valence-electron chi connectivity index (χ3n) is 4.47. The third kappa shape index (κ3) is 3.72. The summed E-state index contributed by atoms with van der Waals surface area (Å²) in [6.45, 7) is 4.19. The molecule has 0 amide bonds. The van der Waals surface area contributed by atoms with E-state index in [4.69, 9.17) is 23.2 Å². The Hall–Kier alpha value is -0.320. The van der Waals surface area contributed by atoms with E-state index in [9.17, 15) is 10.2 Å². The standard InChI is InChI=1S/C16H23Cl2NO2/c1-2-7-16(11-20)10-19(8-6-15(16)21)9-12-13(17)4-3-5-14(12)18/h3-5,15,20-21H,2,6-11H2,1H3/t15-,16-/m0/s1. The Kier molecular flexibility index (Phi) is 5.92. The number of aliphatic hydroxyl groups is 2. The van der Waals surface area contributed by atoms with Crippen LogP contribution in [0.2, 0.25) is 10.0 Å². The Labute approximate surface area is 136 Å². The summed E-state index contributed by atoms with van der Waals surface area (Å²) in [5, 5.41) is 21.4. The zero-order valence-electron chi connectivity index (χ0n) is 12.4. The summed E-state index contributed by atoms with van der Waals surface area (Å²) in [5.74, 6) is 0. The number of aliphatic hydroxyl groups excluding tert-OH is 2. The number of piperidine rings is 1. The van der Waals surface area contributed by atoms with Crippen molar-refractivity contribution in [2.45, 2.75) is 38.8 Å². The molecule has 0 spiro atoms. The van der Waals surface area contributed by atoms with Crippen LogP contribution in [0.3, 0.4) is 0 Å². The van der Waals surface area contributed by atoms with Crippen LogP contribution in [0.4, 0.5) is 0 Å². The van der Waals surface area contributed by atoms with Crippen LogP contribution in [0.15, 0.2) is 18.2 Å². The molecule has 21 heavy (non-hydrogen) atoms. The average Bonchev–Trinajstić information content (AvgIpc) is 2.46. The fraction of sp³-hybridized carbons (Fsp3) is 0.625. The highest BCUT2D eigenvalue weighted by Crippen LogP contribution is 2.36. The van der Waals surface area contributed by atoms with Crippen LogP contribution in [-0.2, 0) is 6.54 Å². The van der Waals surface area contributed by atoms with E-state index in [0.29, 0.717) is 29.6 Å². The van der Waals surface area contributed by atoms with Gasteiger partial charge in [-0.25, -0.2) is 0 Å². The maximum Gasteiger partial charge on any atom is 0.0642 e.